The summed E-state index contributed by atoms with van der Waals surface area (Å²) in [6.07, 6.45) is -3.29. The van der Waals surface area contributed by atoms with Crippen LogP contribution >= 0.6 is 0 Å². The number of aromatic amines is 1. The van der Waals surface area contributed by atoms with Crippen LogP contribution in [0.4, 0.5) is 13.2 Å². The number of H-pyrrole nitrogens is 1. The van der Waals surface area contributed by atoms with E-state index in [2.05, 4.69) is 4.98 Å². The normalized spacial score (nSPS) is 16.9. The van der Waals surface area contributed by atoms with Gasteiger partial charge < -0.3 is 15.0 Å². The zero-order valence-electron chi connectivity index (χ0n) is 22.1. The first-order valence-corrected chi connectivity index (χ1v) is 13.6. The van der Waals surface area contributed by atoms with Gasteiger partial charge in [0.15, 0.2) is 6.10 Å². The molecule has 1 fully saturated rings. The first-order valence-electron chi connectivity index (χ1n) is 13.6. The van der Waals surface area contributed by atoms with Crippen LogP contribution in [0, 0.1) is 0 Å². The SMILES string of the molecule is O=C(C(O)c1cccc(-c2cccc(C(F)(F)F)c2)c1)N1CCCc2c(nc(C3(c4ccccc4)CC3)[nH]c2=O)C1. The van der Waals surface area contributed by atoms with Crippen LogP contribution in [0.1, 0.15) is 59.1 Å². The third-order valence-electron chi connectivity index (χ3n) is 8.10. The maximum absolute atomic E-state index is 13.5. The number of halogens is 3. The molecule has 1 amide bonds. The fourth-order valence-corrected chi connectivity index (χ4v) is 5.68. The van der Waals surface area contributed by atoms with Gasteiger partial charge in [-0.15, -0.1) is 0 Å². The van der Waals surface area contributed by atoms with Gasteiger partial charge in [0.25, 0.3) is 11.5 Å². The maximum atomic E-state index is 13.5. The molecule has 1 unspecified atom stereocenters. The molecular weight excluding hydrogens is 531 g/mol. The molecule has 41 heavy (non-hydrogen) atoms. The van der Waals surface area contributed by atoms with Crippen molar-refractivity contribution in [2.45, 2.75) is 49.9 Å². The number of amides is 1. The number of aliphatic hydroxyl groups is 1. The molecule has 6 nitrogen and oxygen atoms in total. The molecule has 6 rings (SSSR count). The molecular formula is C32H28F3N3O3. The Morgan fingerprint density at radius 1 is 0.976 bits per heavy atom. The van der Waals surface area contributed by atoms with Gasteiger partial charge in [0.2, 0.25) is 0 Å². The van der Waals surface area contributed by atoms with E-state index in [9.17, 15) is 27.9 Å². The number of hydrogen-bond acceptors (Lipinski definition) is 4. The van der Waals surface area contributed by atoms with Crippen molar-refractivity contribution in [3.8, 4) is 11.1 Å². The second-order valence-electron chi connectivity index (χ2n) is 10.8. The number of nitrogens with zero attached hydrogens (tertiary/aromatic N) is 2. The highest BCUT2D eigenvalue weighted by Gasteiger charge is 2.48. The van der Waals surface area contributed by atoms with Gasteiger partial charge >= 0.3 is 6.18 Å². The number of fused-ring (bicyclic) bond motifs is 1. The van der Waals surface area contributed by atoms with E-state index in [1.165, 1.54) is 17.0 Å². The van der Waals surface area contributed by atoms with E-state index >= 15 is 0 Å². The van der Waals surface area contributed by atoms with Crippen LogP contribution in [-0.4, -0.2) is 32.4 Å². The standard InChI is InChI=1S/C32H28F3N3O3/c33-32(34,35)24-12-5-8-21(18-24)20-7-4-9-22(17-20)27(39)29(41)38-16-6-13-25-26(19-38)36-30(37-28(25)40)31(14-15-31)23-10-2-1-3-11-23/h1-5,7-12,17-18,27,39H,6,13-16,19H2,(H,36,37,40). The number of carbonyl (C=O) groups is 1. The third kappa shape index (κ3) is 5.17. The first kappa shape index (κ1) is 27.0. The quantitative estimate of drug-likeness (QED) is 0.336. The minimum atomic E-state index is -4.48. The molecule has 2 N–H and O–H groups in total. The minimum absolute atomic E-state index is 0.0837. The summed E-state index contributed by atoms with van der Waals surface area (Å²) in [4.78, 5) is 36.0. The molecule has 2 aliphatic rings. The van der Waals surface area contributed by atoms with Crippen LogP contribution in [0.2, 0.25) is 0 Å². The van der Waals surface area contributed by atoms with Crippen molar-refractivity contribution in [1.29, 1.82) is 0 Å². The Bertz CT molecular complexity index is 1660. The highest BCUT2D eigenvalue weighted by Crippen LogP contribution is 2.52. The van der Waals surface area contributed by atoms with Crippen LogP contribution in [0.15, 0.2) is 83.7 Å². The number of nitrogens with one attached hydrogen (secondary N) is 1. The number of benzene rings is 3. The summed E-state index contributed by atoms with van der Waals surface area (Å²) in [5.41, 5.74) is 1.90. The molecule has 0 spiro atoms. The van der Waals surface area contributed by atoms with Crippen molar-refractivity contribution >= 4 is 5.91 Å². The van der Waals surface area contributed by atoms with Crippen molar-refractivity contribution in [3.05, 3.63) is 123 Å². The van der Waals surface area contributed by atoms with Crippen LogP contribution in [0.3, 0.4) is 0 Å². The van der Waals surface area contributed by atoms with Gasteiger partial charge in [-0.2, -0.15) is 13.2 Å². The summed E-state index contributed by atoms with van der Waals surface area (Å²) in [7, 11) is 0. The average Bonchev–Trinajstić information content (AvgIpc) is 3.81. The second-order valence-corrected chi connectivity index (χ2v) is 10.8. The average molecular weight is 560 g/mol. The van der Waals surface area contributed by atoms with Gasteiger partial charge in [0, 0.05) is 12.1 Å². The first-order chi connectivity index (χ1) is 19.7. The Morgan fingerprint density at radius 3 is 2.39 bits per heavy atom. The lowest BCUT2D eigenvalue weighted by Crippen LogP contribution is -2.35. The van der Waals surface area contributed by atoms with E-state index in [1.54, 1.807) is 24.3 Å². The number of alkyl halides is 3. The zero-order chi connectivity index (χ0) is 28.8. The van der Waals surface area contributed by atoms with Crippen molar-refractivity contribution in [1.82, 2.24) is 14.9 Å². The van der Waals surface area contributed by atoms with Crippen molar-refractivity contribution in [2.24, 2.45) is 0 Å². The molecule has 1 saturated carbocycles. The molecule has 0 bridgehead atoms. The highest BCUT2D eigenvalue weighted by atomic mass is 19.4. The summed E-state index contributed by atoms with van der Waals surface area (Å²) in [6, 6.07) is 21.2. The molecule has 1 aliphatic carbocycles. The van der Waals surface area contributed by atoms with Gasteiger partial charge in [-0.1, -0.05) is 60.7 Å². The molecule has 1 aliphatic heterocycles. The zero-order valence-corrected chi connectivity index (χ0v) is 22.1. The maximum Gasteiger partial charge on any atom is 0.416 e. The largest absolute Gasteiger partial charge is 0.416 e. The summed E-state index contributed by atoms with van der Waals surface area (Å²) < 4.78 is 39.7. The van der Waals surface area contributed by atoms with Crippen LogP contribution in [0.5, 0.6) is 0 Å². The predicted octanol–water partition coefficient (Wildman–Crippen LogP) is 5.54. The predicted molar refractivity (Wildman–Crippen MR) is 147 cm³/mol. The van der Waals surface area contributed by atoms with Crippen molar-refractivity contribution in [2.75, 3.05) is 6.54 Å². The summed E-state index contributed by atoms with van der Waals surface area (Å²) in [6.45, 7) is 0.415. The Kier molecular flexibility index (Phi) is 6.77. The minimum Gasteiger partial charge on any atom is -0.378 e. The Hall–Kier alpha value is -4.24. The van der Waals surface area contributed by atoms with Gasteiger partial charge in [-0.05, 0) is 66.1 Å². The lowest BCUT2D eigenvalue weighted by molar-refractivity contribution is -0.141. The monoisotopic (exact) mass is 559 g/mol. The Balaban J connectivity index is 1.26. The number of hydrogen-bond donors (Lipinski definition) is 2. The molecule has 4 aromatic rings. The molecule has 1 atom stereocenters. The summed E-state index contributed by atoms with van der Waals surface area (Å²) in [5, 5.41) is 11.1. The van der Waals surface area contributed by atoms with E-state index in [4.69, 9.17) is 4.98 Å². The molecule has 1 aromatic heterocycles. The number of aliphatic hydroxyl groups excluding tert-OH is 1. The summed E-state index contributed by atoms with van der Waals surface area (Å²) in [5.74, 6) is 0.0444. The van der Waals surface area contributed by atoms with E-state index in [0.29, 0.717) is 47.6 Å². The van der Waals surface area contributed by atoms with Crippen molar-refractivity contribution in [3.63, 3.8) is 0 Å². The number of aromatic nitrogens is 2. The highest BCUT2D eigenvalue weighted by molar-refractivity contribution is 5.83. The lowest BCUT2D eigenvalue weighted by atomic mass is 9.94. The second kappa shape index (κ2) is 10.3. The fraction of sp³-hybridized carbons (Fsp3) is 0.281. The molecule has 3 aromatic carbocycles. The Morgan fingerprint density at radius 2 is 1.68 bits per heavy atom. The van der Waals surface area contributed by atoms with E-state index < -0.39 is 23.8 Å². The lowest BCUT2D eigenvalue weighted by Gasteiger charge is -2.24. The van der Waals surface area contributed by atoms with Gasteiger partial charge in [0.1, 0.15) is 5.82 Å². The van der Waals surface area contributed by atoms with Crippen molar-refractivity contribution < 1.29 is 23.1 Å². The number of carbonyl (C=O) groups excluding carboxylic acids is 1. The smallest absolute Gasteiger partial charge is 0.378 e. The number of rotatable bonds is 5. The van der Waals surface area contributed by atoms with E-state index in [-0.39, 0.29) is 23.1 Å². The van der Waals surface area contributed by atoms with Crippen LogP contribution in [0.25, 0.3) is 11.1 Å². The summed E-state index contributed by atoms with van der Waals surface area (Å²) >= 11 is 0. The molecule has 9 heteroatoms. The Labute approximate surface area is 234 Å². The molecule has 0 radical (unpaired) electrons. The van der Waals surface area contributed by atoms with Gasteiger partial charge in [-0.25, -0.2) is 4.98 Å². The topological polar surface area (TPSA) is 86.3 Å². The van der Waals surface area contributed by atoms with Gasteiger partial charge in [-0.3, -0.25) is 9.59 Å². The van der Waals surface area contributed by atoms with E-state index in [0.717, 1.165) is 30.5 Å². The fourth-order valence-electron chi connectivity index (χ4n) is 5.68. The van der Waals surface area contributed by atoms with Gasteiger partial charge in [0.05, 0.1) is 23.2 Å². The molecule has 0 saturated heterocycles. The van der Waals surface area contributed by atoms with Crippen LogP contribution in [-0.2, 0) is 29.4 Å². The van der Waals surface area contributed by atoms with E-state index in [1.807, 2.05) is 30.3 Å². The molecule has 210 valence electrons. The van der Waals surface area contributed by atoms with Crippen LogP contribution < -0.4 is 5.56 Å². The molecule has 2 heterocycles. The third-order valence-corrected chi connectivity index (χ3v) is 8.10.